The monoisotopic (exact) mass is 314 g/mol. The number of hydrogen-bond acceptors (Lipinski definition) is 2. The molecule has 13 heavy (non-hydrogen) atoms. The molecule has 1 aromatic carbocycles. The number of oxime groups is 1. The Bertz CT molecular complexity index is 347. The fourth-order valence-corrected chi connectivity index (χ4v) is 2.10. The van der Waals surface area contributed by atoms with Crippen LogP contribution >= 0.6 is 34.2 Å². The van der Waals surface area contributed by atoms with Gasteiger partial charge < -0.3 is 10.9 Å². The van der Waals surface area contributed by atoms with Crippen LogP contribution in [0.4, 0.5) is 4.39 Å². The number of rotatable bonds is 1. The van der Waals surface area contributed by atoms with Gasteiger partial charge in [-0.2, -0.15) is 0 Å². The lowest BCUT2D eigenvalue weighted by atomic mass is 10.2. The van der Waals surface area contributed by atoms with E-state index in [-0.39, 0.29) is 16.4 Å². The molecule has 0 aliphatic rings. The number of amidine groups is 1. The molecule has 1 aromatic rings. The third-order valence-corrected chi connectivity index (χ3v) is 2.44. The SMILES string of the molecule is N/C(=N\O)c1c(F)cc(Cl)cc1I. The standard InChI is InChI=1S/C7H5ClFIN2O/c8-3-1-4(9)6(5(10)2-3)7(11)12-13/h1-2,13H,(H2,11,12). The molecule has 0 amide bonds. The van der Waals surface area contributed by atoms with Crippen LogP contribution in [0.2, 0.25) is 5.02 Å². The Morgan fingerprint density at radius 3 is 2.69 bits per heavy atom. The van der Waals surface area contributed by atoms with E-state index in [0.717, 1.165) is 6.07 Å². The van der Waals surface area contributed by atoms with Crippen molar-refractivity contribution in [1.29, 1.82) is 0 Å². The summed E-state index contributed by atoms with van der Waals surface area (Å²) in [6.07, 6.45) is 0. The smallest absolute Gasteiger partial charge is 0.174 e. The first-order chi connectivity index (χ1) is 6.06. The van der Waals surface area contributed by atoms with Gasteiger partial charge >= 0.3 is 0 Å². The van der Waals surface area contributed by atoms with Crippen LogP contribution in [0.25, 0.3) is 0 Å². The maximum Gasteiger partial charge on any atom is 0.174 e. The summed E-state index contributed by atoms with van der Waals surface area (Å²) in [5.74, 6) is -0.870. The summed E-state index contributed by atoms with van der Waals surface area (Å²) in [5.41, 5.74) is 5.32. The van der Waals surface area contributed by atoms with Crippen molar-refractivity contribution in [2.75, 3.05) is 0 Å². The van der Waals surface area contributed by atoms with E-state index >= 15 is 0 Å². The molecule has 70 valence electrons. The number of nitrogens with zero attached hydrogens (tertiary/aromatic N) is 1. The molecule has 6 heteroatoms. The highest BCUT2D eigenvalue weighted by atomic mass is 127. The van der Waals surface area contributed by atoms with Crippen LogP contribution in [0.3, 0.4) is 0 Å². The molecule has 3 N–H and O–H groups in total. The van der Waals surface area contributed by atoms with Crippen LogP contribution in [0.15, 0.2) is 17.3 Å². The van der Waals surface area contributed by atoms with E-state index in [1.165, 1.54) is 6.07 Å². The molecule has 0 aliphatic carbocycles. The Kier molecular flexibility index (Phi) is 3.32. The number of hydrogen-bond donors (Lipinski definition) is 2. The molecule has 0 atom stereocenters. The van der Waals surface area contributed by atoms with Gasteiger partial charge in [0, 0.05) is 8.59 Å². The largest absolute Gasteiger partial charge is 0.409 e. The molecule has 0 heterocycles. The number of halogens is 3. The van der Waals surface area contributed by atoms with Crippen molar-refractivity contribution in [3.05, 3.63) is 32.1 Å². The van der Waals surface area contributed by atoms with E-state index in [4.69, 9.17) is 22.5 Å². The minimum Gasteiger partial charge on any atom is -0.409 e. The Morgan fingerprint density at radius 1 is 1.62 bits per heavy atom. The molecule has 0 bridgehead atoms. The van der Waals surface area contributed by atoms with E-state index in [1.54, 1.807) is 0 Å². The summed E-state index contributed by atoms with van der Waals surface area (Å²) in [5, 5.41) is 11.4. The first-order valence-electron chi connectivity index (χ1n) is 3.18. The maximum atomic E-state index is 13.2. The van der Waals surface area contributed by atoms with Gasteiger partial charge in [0.05, 0.1) is 5.56 Å². The maximum absolute atomic E-state index is 13.2. The van der Waals surface area contributed by atoms with Crippen molar-refractivity contribution < 1.29 is 9.60 Å². The molecular weight excluding hydrogens is 309 g/mol. The predicted octanol–water partition coefficient (Wildman–Crippen LogP) is 2.18. The fourth-order valence-electron chi connectivity index (χ4n) is 0.837. The van der Waals surface area contributed by atoms with Crippen molar-refractivity contribution in [3.63, 3.8) is 0 Å². The molecule has 0 aromatic heterocycles. The number of benzene rings is 1. The van der Waals surface area contributed by atoms with E-state index in [0.29, 0.717) is 3.57 Å². The fraction of sp³-hybridized carbons (Fsp3) is 0. The molecule has 1 rings (SSSR count). The van der Waals surface area contributed by atoms with Gasteiger partial charge in [-0.15, -0.1) is 0 Å². The second-order valence-electron chi connectivity index (χ2n) is 2.23. The van der Waals surface area contributed by atoms with Gasteiger partial charge in [0.1, 0.15) is 5.82 Å². The molecule has 3 nitrogen and oxygen atoms in total. The highest BCUT2D eigenvalue weighted by molar-refractivity contribution is 14.1. The van der Waals surface area contributed by atoms with Crippen molar-refractivity contribution in [1.82, 2.24) is 0 Å². The van der Waals surface area contributed by atoms with Crippen LogP contribution in [-0.2, 0) is 0 Å². The van der Waals surface area contributed by atoms with Gasteiger partial charge in [0.25, 0.3) is 0 Å². The lowest BCUT2D eigenvalue weighted by molar-refractivity contribution is 0.318. The third-order valence-electron chi connectivity index (χ3n) is 1.37. The topological polar surface area (TPSA) is 58.6 Å². The van der Waals surface area contributed by atoms with E-state index in [9.17, 15) is 4.39 Å². The first-order valence-corrected chi connectivity index (χ1v) is 4.64. The summed E-state index contributed by atoms with van der Waals surface area (Å²) < 4.78 is 13.7. The van der Waals surface area contributed by atoms with Gasteiger partial charge in [0.2, 0.25) is 0 Å². The molecule has 0 unspecified atom stereocenters. The zero-order valence-corrected chi connectivity index (χ0v) is 9.17. The lowest BCUT2D eigenvalue weighted by Crippen LogP contribution is -2.16. The van der Waals surface area contributed by atoms with Gasteiger partial charge in [0.15, 0.2) is 5.84 Å². The molecule has 0 aliphatic heterocycles. The zero-order chi connectivity index (χ0) is 10.0. The van der Waals surface area contributed by atoms with E-state index in [2.05, 4.69) is 5.16 Å². The van der Waals surface area contributed by atoms with Crippen molar-refractivity contribution in [2.45, 2.75) is 0 Å². The average molecular weight is 314 g/mol. The van der Waals surface area contributed by atoms with Crippen molar-refractivity contribution in [3.8, 4) is 0 Å². The lowest BCUT2D eigenvalue weighted by Gasteiger charge is -2.04. The minimum absolute atomic E-state index is 0.0625. The quantitative estimate of drug-likeness (QED) is 0.274. The van der Waals surface area contributed by atoms with Crippen LogP contribution < -0.4 is 5.73 Å². The Hall–Kier alpha value is -0.560. The highest BCUT2D eigenvalue weighted by Gasteiger charge is 2.12. The average Bonchev–Trinajstić information content (AvgIpc) is 2.02. The molecule has 0 spiro atoms. The zero-order valence-electron chi connectivity index (χ0n) is 6.26. The van der Waals surface area contributed by atoms with Crippen LogP contribution in [-0.4, -0.2) is 11.0 Å². The first kappa shape index (κ1) is 10.5. The van der Waals surface area contributed by atoms with Crippen molar-refractivity contribution >= 4 is 40.0 Å². The third kappa shape index (κ3) is 2.22. The summed E-state index contributed by atoms with van der Waals surface area (Å²) in [4.78, 5) is 0. The van der Waals surface area contributed by atoms with Crippen molar-refractivity contribution in [2.24, 2.45) is 10.9 Å². The van der Waals surface area contributed by atoms with Gasteiger partial charge in [-0.25, -0.2) is 4.39 Å². The molecular formula is C7H5ClFIN2O. The summed E-state index contributed by atoms with van der Waals surface area (Å²) >= 11 is 7.44. The van der Waals surface area contributed by atoms with Gasteiger partial charge in [-0.1, -0.05) is 16.8 Å². The van der Waals surface area contributed by atoms with E-state index < -0.39 is 5.82 Å². The predicted molar refractivity (Wildman–Crippen MR) is 56.6 cm³/mol. The normalized spacial score (nSPS) is 11.8. The molecule has 0 saturated carbocycles. The van der Waals surface area contributed by atoms with Crippen LogP contribution in [0, 0.1) is 9.39 Å². The summed E-state index contributed by atoms with van der Waals surface area (Å²) in [6.45, 7) is 0. The second-order valence-corrected chi connectivity index (χ2v) is 3.83. The Balaban J connectivity index is 3.37. The van der Waals surface area contributed by atoms with E-state index in [1.807, 2.05) is 22.6 Å². The second kappa shape index (κ2) is 4.10. The van der Waals surface area contributed by atoms with Crippen LogP contribution in [0.5, 0.6) is 0 Å². The molecule has 0 radical (unpaired) electrons. The summed E-state index contributed by atoms with van der Waals surface area (Å²) in [7, 11) is 0. The summed E-state index contributed by atoms with van der Waals surface area (Å²) in [6, 6.07) is 2.63. The van der Waals surface area contributed by atoms with Crippen LogP contribution in [0.1, 0.15) is 5.56 Å². The Labute approximate surface area is 92.5 Å². The highest BCUT2D eigenvalue weighted by Crippen LogP contribution is 2.21. The molecule has 0 fully saturated rings. The molecule has 0 saturated heterocycles. The minimum atomic E-state index is -0.604. The van der Waals surface area contributed by atoms with Gasteiger partial charge in [-0.3, -0.25) is 0 Å². The Morgan fingerprint density at radius 2 is 2.23 bits per heavy atom. The van der Waals surface area contributed by atoms with Gasteiger partial charge in [-0.05, 0) is 34.7 Å². The number of nitrogens with two attached hydrogens (primary N) is 1.